The average molecular weight is 450 g/mol. The van der Waals surface area contributed by atoms with Crippen molar-refractivity contribution in [2.45, 2.75) is 4.90 Å². The molecule has 0 atom stereocenters. The van der Waals surface area contributed by atoms with E-state index in [0.29, 0.717) is 47.8 Å². The molecule has 0 radical (unpaired) electrons. The number of sulfonamides is 1. The lowest BCUT2D eigenvalue weighted by Gasteiger charge is -2.19. The van der Waals surface area contributed by atoms with Crippen molar-refractivity contribution < 1.29 is 22.6 Å². The molecule has 1 N–H and O–H groups in total. The Labute approximate surface area is 184 Å². The van der Waals surface area contributed by atoms with Gasteiger partial charge in [-0.05, 0) is 54.6 Å². The van der Waals surface area contributed by atoms with Crippen LogP contribution in [0.5, 0.6) is 23.1 Å². The predicted molar refractivity (Wildman–Crippen MR) is 116 cm³/mol. The normalized spacial score (nSPS) is 12.9. The van der Waals surface area contributed by atoms with Crippen LogP contribution in [0, 0.1) is 0 Å². The van der Waals surface area contributed by atoms with Gasteiger partial charge >= 0.3 is 0 Å². The van der Waals surface area contributed by atoms with Gasteiger partial charge in [-0.3, -0.25) is 4.72 Å². The van der Waals surface area contributed by atoms with Gasteiger partial charge in [0.25, 0.3) is 10.0 Å². The van der Waals surface area contributed by atoms with E-state index in [1.807, 2.05) is 29.1 Å². The maximum absolute atomic E-state index is 12.7. The minimum atomic E-state index is -3.80. The zero-order chi connectivity index (χ0) is 22.0. The molecule has 5 rings (SSSR count). The first kappa shape index (κ1) is 19.9. The van der Waals surface area contributed by atoms with E-state index < -0.39 is 10.0 Å². The number of anilines is 1. The Morgan fingerprint density at radius 1 is 0.875 bits per heavy atom. The molecule has 0 bridgehead atoms. The van der Waals surface area contributed by atoms with Gasteiger partial charge < -0.3 is 18.8 Å². The number of nitrogens with one attached hydrogen (secondary N) is 1. The van der Waals surface area contributed by atoms with Gasteiger partial charge in [-0.2, -0.15) is 0 Å². The van der Waals surface area contributed by atoms with Crippen LogP contribution in [0.4, 0.5) is 5.69 Å². The number of rotatable bonds is 6. The molecule has 0 spiro atoms. The van der Waals surface area contributed by atoms with Crippen LogP contribution in [0.15, 0.2) is 84.0 Å². The van der Waals surface area contributed by atoms with E-state index in [-0.39, 0.29) is 4.90 Å². The van der Waals surface area contributed by atoms with Crippen molar-refractivity contribution in [2.24, 2.45) is 0 Å². The maximum Gasteiger partial charge on any atom is 0.262 e. The van der Waals surface area contributed by atoms with Crippen molar-refractivity contribution in [1.82, 2.24) is 14.8 Å². The number of fused-ring (bicyclic) bond motifs is 1. The Morgan fingerprint density at radius 2 is 1.62 bits per heavy atom. The monoisotopic (exact) mass is 450 g/mol. The first-order valence-corrected chi connectivity index (χ1v) is 11.2. The van der Waals surface area contributed by atoms with E-state index in [9.17, 15) is 8.42 Å². The summed E-state index contributed by atoms with van der Waals surface area (Å²) in [5, 5.41) is 8.18. The summed E-state index contributed by atoms with van der Waals surface area (Å²) in [5.41, 5.74) is 0.390. The molecule has 0 aliphatic carbocycles. The molecule has 2 aromatic carbocycles. The molecule has 0 fully saturated rings. The quantitative estimate of drug-likeness (QED) is 0.478. The maximum atomic E-state index is 12.7. The van der Waals surface area contributed by atoms with Gasteiger partial charge in [0.1, 0.15) is 19.0 Å². The van der Waals surface area contributed by atoms with Crippen molar-refractivity contribution in [3.05, 3.63) is 79.1 Å². The Kier molecular flexibility index (Phi) is 5.12. The number of hydrogen-bond donors (Lipinski definition) is 1. The Hall–Kier alpha value is -4.05. The molecule has 9 nitrogen and oxygen atoms in total. The van der Waals surface area contributed by atoms with Crippen LogP contribution in [0.2, 0.25) is 0 Å². The Bertz CT molecular complexity index is 1320. The number of nitrogens with zero attached hydrogens (tertiary/aromatic N) is 3. The van der Waals surface area contributed by atoms with Gasteiger partial charge in [-0.1, -0.05) is 0 Å². The summed E-state index contributed by atoms with van der Waals surface area (Å²) in [6.07, 6.45) is 3.74. The summed E-state index contributed by atoms with van der Waals surface area (Å²) in [6.45, 7) is 0.819. The molecule has 32 heavy (non-hydrogen) atoms. The summed E-state index contributed by atoms with van der Waals surface area (Å²) in [6, 6.07) is 18.3. The fourth-order valence-corrected chi connectivity index (χ4v) is 4.18. The molecular formula is C22H18N4O5S. The van der Waals surface area contributed by atoms with Crippen molar-refractivity contribution in [3.8, 4) is 28.9 Å². The highest BCUT2D eigenvalue weighted by atomic mass is 32.2. The number of hydrogen-bond acceptors (Lipinski definition) is 7. The molecule has 4 aromatic rings. The molecular weight excluding hydrogens is 432 g/mol. The minimum Gasteiger partial charge on any atom is -0.486 e. The SMILES string of the molecule is O=S(=O)(Nc1ccc(Oc2ccc(-n3cccc3)nn2)cc1)c1ccc2c(c1)OCCO2. The van der Waals surface area contributed by atoms with Gasteiger partial charge in [0.15, 0.2) is 17.3 Å². The summed E-state index contributed by atoms with van der Waals surface area (Å²) in [5.74, 6) is 2.43. The highest BCUT2D eigenvalue weighted by molar-refractivity contribution is 7.92. The Morgan fingerprint density at radius 3 is 2.34 bits per heavy atom. The van der Waals surface area contributed by atoms with Crippen LogP contribution in [0.25, 0.3) is 5.82 Å². The number of aromatic nitrogens is 3. The largest absolute Gasteiger partial charge is 0.486 e. The molecule has 162 valence electrons. The van der Waals surface area contributed by atoms with E-state index in [1.165, 1.54) is 12.1 Å². The second-order valence-electron chi connectivity index (χ2n) is 6.86. The standard InChI is InChI=1S/C22H18N4O5S/c27-32(28,18-7-8-19-20(15-18)30-14-13-29-19)25-16-3-5-17(6-4-16)31-22-10-9-21(23-24-22)26-11-1-2-12-26/h1-12,15,25H,13-14H2. The topological polar surface area (TPSA) is 105 Å². The van der Waals surface area contributed by atoms with Gasteiger partial charge in [0.2, 0.25) is 5.88 Å². The van der Waals surface area contributed by atoms with Gasteiger partial charge in [-0.25, -0.2) is 8.42 Å². The molecule has 0 unspecified atom stereocenters. The third-order valence-corrected chi connectivity index (χ3v) is 6.03. The van der Waals surface area contributed by atoms with Crippen molar-refractivity contribution >= 4 is 15.7 Å². The zero-order valence-corrected chi connectivity index (χ0v) is 17.5. The van der Waals surface area contributed by atoms with Crippen LogP contribution >= 0.6 is 0 Å². The fraction of sp³-hybridized carbons (Fsp3) is 0.0909. The van der Waals surface area contributed by atoms with Gasteiger partial charge in [0, 0.05) is 30.2 Å². The van der Waals surface area contributed by atoms with Gasteiger partial charge in [0.05, 0.1) is 4.90 Å². The highest BCUT2D eigenvalue weighted by Gasteiger charge is 2.19. The van der Waals surface area contributed by atoms with Crippen LogP contribution < -0.4 is 18.9 Å². The second-order valence-corrected chi connectivity index (χ2v) is 8.54. The summed E-state index contributed by atoms with van der Waals surface area (Å²) < 4.78 is 46.4. The zero-order valence-electron chi connectivity index (χ0n) is 16.7. The van der Waals surface area contributed by atoms with Crippen LogP contribution in [-0.4, -0.2) is 36.4 Å². The van der Waals surface area contributed by atoms with E-state index in [0.717, 1.165) is 0 Å². The third-order valence-electron chi connectivity index (χ3n) is 4.65. The molecule has 0 amide bonds. The average Bonchev–Trinajstić information content (AvgIpc) is 3.35. The summed E-state index contributed by atoms with van der Waals surface area (Å²) >= 11 is 0. The smallest absolute Gasteiger partial charge is 0.262 e. The summed E-state index contributed by atoms with van der Waals surface area (Å²) in [7, 11) is -3.80. The molecule has 10 heteroatoms. The first-order chi connectivity index (χ1) is 15.6. The van der Waals surface area contributed by atoms with Crippen molar-refractivity contribution in [1.29, 1.82) is 0 Å². The lowest BCUT2D eigenvalue weighted by atomic mass is 10.3. The number of benzene rings is 2. The molecule has 1 aliphatic rings. The molecule has 3 heterocycles. The third kappa shape index (κ3) is 4.21. The van der Waals surface area contributed by atoms with Crippen molar-refractivity contribution in [3.63, 3.8) is 0 Å². The van der Waals surface area contributed by atoms with Gasteiger partial charge in [-0.15, -0.1) is 10.2 Å². The first-order valence-electron chi connectivity index (χ1n) is 9.74. The minimum absolute atomic E-state index is 0.0835. The molecule has 1 aliphatic heterocycles. The fourth-order valence-electron chi connectivity index (χ4n) is 3.11. The van der Waals surface area contributed by atoms with E-state index >= 15 is 0 Å². The van der Waals surface area contributed by atoms with E-state index in [1.54, 1.807) is 42.5 Å². The highest BCUT2D eigenvalue weighted by Crippen LogP contribution is 2.33. The number of ether oxygens (including phenoxy) is 3. The molecule has 0 saturated heterocycles. The lowest BCUT2D eigenvalue weighted by Crippen LogP contribution is -2.17. The van der Waals surface area contributed by atoms with Crippen LogP contribution in [-0.2, 0) is 10.0 Å². The van der Waals surface area contributed by atoms with Crippen molar-refractivity contribution in [2.75, 3.05) is 17.9 Å². The lowest BCUT2D eigenvalue weighted by molar-refractivity contribution is 0.171. The van der Waals surface area contributed by atoms with Crippen LogP contribution in [0.3, 0.4) is 0 Å². The predicted octanol–water partition coefficient (Wildman–Crippen LogP) is 3.63. The Balaban J connectivity index is 1.26. The summed E-state index contributed by atoms with van der Waals surface area (Å²) in [4.78, 5) is 0.0835. The van der Waals surface area contributed by atoms with E-state index in [2.05, 4.69) is 14.9 Å². The van der Waals surface area contributed by atoms with Crippen LogP contribution in [0.1, 0.15) is 0 Å². The second kappa shape index (κ2) is 8.23. The molecule has 2 aromatic heterocycles. The molecule has 0 saturated carbocycles. The van der Waals surface area contributed by atoms with E-state index in [4.69, 9.17) is 14.2 Å².